The summed E-state index contributed by atoms with van der Waals surface area (Å²) in [6.07, 6.45) is 0. The molecule has 0 aliphatic carbocycles. The second-order valence-corrected chi connectivity index (χ2v) is 6.58. The molecule has 2 rings (SSSR count). The third-order valence-corrected chi connectivity index (χ3v) is 4.38. The summed E-state index contributed by atoms with van der Waals surface area (Å²) in [7, 11) is -3.62. The largest absolute Gasteiger partial charge is 0.276 e. The molecule has 21 heavy (non-hydrogen) atoms. The molecule has 0 aliphatic heterocycles. The predicted octanol–water partition coefficient (Wildman–Crippen LogP) is 3.01. The maximum Gasteiger partial charge on any atom is 0.276 e. The van der Waals surface area contributed by atoms with Crippen LogP contribution >= 0.6 is 0 Å². The van der Waals surface area contributed by atoms with Gasteiger partial charge in [-0.3, -0.25) is 0 Å². The van der Waals surface area contributed by atoms with Crippen LogP contribution in [0.3, 0.4) is 0 Å². The van der Waals surface area contributed by atoms with Crippen LogP contribution in [0.1, 0.15) is 23.6 Å². The lowest BCUT2D eigenvalue weighted by molar-refractivity contribution is 0.584. The predicted molar refractivity (Wildman–Crippen MR) is 84.9 cm³/mol. The quantitative estimate of drug-likeness (QED) is 0.697. The Morgan fingerprint density at radius 2 is 1.71 bits per heavy atom. The van der Waals surface area contributed by atoms with E-state index in [0.29, 0.717) is 5.71 Å². The molecule has 5 heteroatoms. The summed E-state index contributed by atoms with van der Waals surface area (Å²) >= 11 is 0. The van der Waals surface area contributed by atoms with E-state index in [-0.39, 0.29) is 4.90 Å². The second-order valence-electron chi connectivity index (χ2n) is 4.92. The molecule has 0 fully saturated rings. The van der Waals surface area contributed by atoms with E-state index in [4.69, 9.17) is 0 Å². The van der Waals surface area contributed by atoms with E-state index in [1.165, 1.54) is 12.1 Å². The maximum absolute atomic E-state index is 12.1. The lowest BCUT2D eigenvalue weighted by Gasteiger charge is -2.08. The van der Waals surface area contributed by atoms with Gasteiger partial charge in [-0.2, -0.15) is 18.4 Å². The van der Waals surface area contributed by atoms with Crippen LogP contribution in [0.4, 0.5) is 0 Å². The summed E-state index contributed by atoms with van der Waals surface area (Å²) < 4.78 is 24.2. The van der Waals surface area contributed by atoms with Crippen LogP contribution in [0.25, 0.3) is 0 Å². The van der Waals surface area contributed by atoms with Gasteiger partial charge in [0.25, 0.3) is 10.0 Å². The molecular weight excluding hydrogens is 284 g/mol. The first-order valence-corrected chi connectivity index (χ1v) is 8.07. The van der Waals surface area contributed by atoms with E-state index >= 15 is 0 Å². The fraction of sp³-hybridized carbons (Fsp3) is 0.188. The Morgan fingerprint density at radius 3 is 2.33 bits per heavy atom. The molecule has 0 saturated heterocycles. The number of sulfonamides is 1. The Morgan fingerprint density at radius 1 is 1.05 bits per heavy atom. The molecule has 110 valence electrons. The number of nitrogens with one attached hydrogen (secondary N) is 1. The molecule has 0 atom stereocenters. The molecule has 1 N–H and O–H groups in total. The van der Waals surface area contributed by atoms with Gasteiger partial charge in [-0.25, -0.2) is 0 Å². The minimum Gasteiger partial charge on any atom is -0.200 e. The molecule has 0 spiro atoms. The van der Waals surface area contributed by atoms with Crippen LogP contribution in [-0.4, -0.2) is 14.1 Å². The number of hydrogen-bond acceptors (Lipinski definition) is 3. The number of benzene rings is 2. The van der Waals surface area contributed by atoms with Gasteiger partial charge < -0.3 is 0 Å². The highest BCUT2D eigenvalue weighted by Gasteiger charge is 2.12. The van der Waals surface area contributed by atoms with Crippen LogP contribution in [0.15, 0.2) is 58.5 Å². The molecular formula is C16H18N2O2S. The van der Waals surface area contributed by atoms with Crippen molar-refractivity contribution in [3.05, 3.63) is 65.2 Å². The van der Waals surface area contributed by atoms with E-state index in [9.17, 15) is 8.42 Å². The fourth-order valence-electron chi connectivity index (χ4n) is 2.06. The Balaban J connectivity index is 2.24. The lowest BCUT2D eigenvalue weighted by Crippen LogP contribution is -2.20. The van der Waals surface area contributed by atoms with Crippen molar-refractivity contribution in [1.82, 2.24) is 4.83 Å². The molecule has 0 radical (unpaired) electrons. The molecule has 0 aliphatic rings. The Kier molecular flexibility index (Phi) is 4.43. The molecule has 0 aromatic heterocycles. The lowest BCUT2D eigenvalue weighted by atomic mass is 10.0. The topological polar surface area (TPSA) is 58.5 Å². The molecule has 0 bridgehead atoms. The number of rotatable bonds is 4. The fourth-order valence-corrected chi connectivity index (χ4v) is 2.94. The molecule has 2 aromatic carbocycles. The highest BCUT2D eigenvalue weighted by atomic mass is 32.2. The minimum absolute atomic E-state index is 0.196. The van der Waals surface area contributed by atoms with E-state index in [2.05, 4.69) is 9.93 Å². The second kappa shape index (κ2) is 6.10. The van der Waals surface area contributed by atoms with E-state index in [1.807, 2.05) is 32.0 Å². The number of nitrogens with zero attached hydrogens (tertiary/aromatic N) is 1. The number of hydrazone groups is 1. The van der Waals surface area contributed by atoms with Crippen molar-refractivity contribution >= 4 is 15.7 Å². The molecule has 0 unspecified atom stereocenters. The van der Waals surface area contributed by atoms with Crippen molar-refractivity contribution in [2.45, 2.75) is 25.7 Å². The van der Waals surface area contributed by atoms with Gasteiger partial charge in [-0.15, -0.1) is 0 Å². The summed E-state index contributed by atoms with van der Waals surface area (Å²) in [6.45, 7) is 5.78. The van der Waals surface area contributed by atoms with Crippen LogP contribution < -0.4 is 4.83 Å². The molecule has 0 heterocycles. The number of aryl methyl sites for hydroxylation is 2. The summed E-state index contributed by atoms with van der Waals surface area (Å²) in [5, 5.41) is 4.01. The van der Waals surface area contributed by atoms with Crippen molar-refractivity contribution in [1.29, 1.82) is 0 Å². The average molecular weight is 302 g/mol. The monoisotopic (exact) mass is 302 g/mol. The van der Waals surface area contributed by atoms with E-state index < -0.39 is 10.0 Å². The zero-order valence-electron chi connectivity index (χ0n) is 12.3. The highest BCUT2D eigenvalue weighted by molar-refractivity contribution is 7.89. The summed E-state index contributed by atoms with van der Waals surface area (Å²) in [5.74, 6) is 0. The zero-order chi connectivity index (χ0) is 15.5. The highest BCUT2D eigenvalue weighted by Crippen LogP contribution is 2.12. The zero-order valence-corrected chi connectivity index (χ0v) is 13.1. The first-order chi connectivity index (χ1) is 9.90. The Labute approximate surface area is 125 Å². The third-order valence-electron chi connectivity index (χ3n) is 3.16. The van der Waals surface area contributed by atoms with Crippen molar-refractivity contribution in [3.8, 4) is 0 Å². The van der Waals surface area contributed by atoms with Crippen molar-refractivity contribution in [3.63, 3.8) is 0 Å². The van der Waals surface area contributed by atoms with Gasteiger partial charge in [-0.05, 0) is 38.5 Å². The number of hydrogen-bond donors (Lipinski definition) is 1. The van der Waals surface area contributed by atoms with Crippen LogP contribution in [0.2, 0.25) is 0 Å². The smallest absolute Gasteiger partial charge is 0.200 e. The van der Waals surface area contributed by atoms with Gasteiger partial charge in [-0.1, -0.05) is 42.0 Å². The van der Waals surface area contributed by atoms with Gasteiger partial charge in [0.2, 0.25) is 0 Å². The normalized spacial score (nSPS) is 12.2. The van der Waals surface area contributed by atoms with E-state index in [1.54, 1.807) is 25.1 Å². The van der Waals surface area contributed by atoms with Gasteiger partial charge >= 0.3 is 0 Å². The molecule has 2 aromatic rings. The summed E-state index contributed by atoms with van der Waals surface area (Å²) in [6, 6.07) is 14.1. The van der Waals surface area contributed by atoms with Crippen LogP contribution in [-0.2, 0) is 10.0 Å². The van der Waals surface area contributed by atoms with Gasteiger partial charge in [0.05, 0.1) is 10.6 Å². The summed E-state index contributed by atoms with van der Waals surface area (Å²) in [5.41, 5.74) is 3.78. The van der Waals surface area contributed by atoms with Crippen molar-refractivity contribution in [2.24, 2.45) is 5.10 Å². The average Bonchev–Trinajstić information content (AvgIpc) is 2.46. The van der Waals surface area contributed by atoms with Gasteiger partial charge in [0.15, 0.2) is 0 Å². The van der Waals surface area contributed by atoms with Crippen LogP contribution in [0, 0.1) is 13.8 Å². The molecule has 4 nitrogen and oxygen atoms in total. The summed E-state index contributed by atoms with van der Waals surface area (Å²) in [4.78, 5) is 2.47. The van der Waals surface area contributed by atoms with Crippen molar-refractivity contribution < 1.29 is 8.42 Å². The maximum atomic E-state index is 12.1. The van der Waals surface area contributed by atoms with Gasteiger partial charge in [0, 0.05) is 5.56 Å². The third kappa shape index (κ3) is 3.70. The van der Waals surface area contributed by atoms with Crippen LogP contribution in [0.5, 0.6) is 0 Å². The Bertz CT molecular complexity index is 766. The Hall–Kier alpha value is -2.14. The molecule has 0 amide bonds. The first kappa shape index (κ1) is 15.3. The van der Waals surface area contributed by atoms with Gasteiger partial charge in [0.1, 0.15) is 0 Å². The SMILES string of the molecule is C/C(=N/NS(=O)(=O)c1ccccc1)c1ccc(C)cc1C. The standard InChI is InChI=1S/C16H18N2O2S/c1-12-9-10-16(13(2)11-12)14(3)17-18-21(19,20)15-7-5-4-6-8-15/h4-11,18H,1-3H3/b17-14-. The minimum atomic E-state index is -3.62. The van der Waals surface area contributed by atoms with E-state index in [0.717, 1.165) is 16.7 Å². The molecule has 0 saturated carbocycles. The first-order valence-electron chi connectivity index (χ1n) is 6.59. The van der Waals surface area contributed by atoms with Crippen molar-refractivity contribution in [2.75, 3.05) is 0 Å².